The molecule has 3 nitrogen and oxygen atoms in total. The minimum Gasteiger partial charge on any atom is -0.381 e. The second-order valence-corrected chi connectivity index (χ2v) is 6.55. The molecule has 0 saturated carbocycles. The van der Waals surface area contributed by atoms with E-state index in [0.29, 0.717) is 17.9 Å². The van der Waals surface area contributed by atoms with Crippen molar-refractivity contribution in [2.24, 2.45) is 11.8 Å². The van der Waals surface area contributed by atoms with E-state index in [-0.39, 0.29) is 5.56 Å². The van der Waals surface area contributed by atoms with Gasteiger partial charge in [-0.15, -0.1) is 0 Å². The van der Waals surface area contributed by atoms with Crippen LogP contribution in [-0.4, -0.2) is 10.6 Å². The highest BCUT2D eigenvalue weighted by Gasteiger charge is 2.13. The first-order chi connectivity index (χ1) is 9.42. The van der Waals surface area contributed by atoms with Crippen molar-refractivity contribution in [3.63, 3.8) is 0 Å². The Bertz CT molecular complexity index is 439. The molecule has 1 aromatic rings. The molecule has 1 N–H and O–H groups in total. The maximum Gasteiger partial charge on any atom is 0.250 e. The molecule has 1 heterocycles. The molecule has 0 unspecified atom stereocenters. The number of nitrogens with one attached hydrogen (secondary N) is 1. The lowest BCUT2D eigenvalue weighted by atomic mass is 9.95. The van der Waals surface area contributed by atoms with Crippen molar-refractivity contribution in [3.8, 4) is 0 Å². The van der Waals surface area contributed by atoms with Crippen LogP contribution in [0.3, 0.4) is 0 Å². The Balaban J connectivity index is 2.81. The Morgan fingerprint density at radius 3 is 2.20 bits per heavy atom. The van der Waals surface area contributed by atoms with Crippen molar-refractivity contribution in [3.05, 3.63) is 28.7 Å². The van der Waals surface area contributed by atoms with Crippen molar-refractivity contribution in [2.45, 2.75) is 66.5 Å². The Hall–Kier alpha value is -1.25. The second kappa shape index (κ2) is 8.13. The van der Waals surface area contributed by atoms with Gasteiger partial charge in [0.15, 0.2) is 0 Å². The summed E-state index contributed by atoms with van der Waals surface area (Å²) in [6, 6.07) is 4.05. The highest BCUT2D eigenvalue weighted by molar-refractivity contribution is 5.41. The lowest BCUT2D eigenvalue weighted by Gasteiger charge is -2.24. The summed E-state index contributed by atoms with van der Waals surface area (Å²) in [5.41, 5.74) is 1.14. The molecule has 20 heavy (non-hydrogen) atoms. The molecule has 0 atom stereocenters. The van der Waals surface area contributed by atoms with Gasteiger partial charge in [-0.3, -0.25) is 4.79 Å². The van der Waals surface area contributed by atoms with Gasteiger partial charge in [0.1, 0.15) is 0 Å². The van der Waals surface area contributed by atoms with Gasteiger partial charge in [-0.1, -0.05) is 34.6 Å². The van der Waals surface area contributed by atoms with Crippen LogP contribution in [0.4, 0.5) is 5.69 Å². The van der Waals surface area contributed by atoms with Crippen molar-refractivity contribution in [2.75, 3.05) is 5.32 Å². The zero-order valence-electron chi connectivity index (χ0n) is 13.6. The summed E-state index contributed by atoms with van der Waals surface area (Å²) in [4.78, 5) is 11.7. The molecule has 1 rings (SSSR count). The average molecular weight is 278 g/mol. The highest BCUT2D eigenvalue weighted by atomic mass is 16.1. The zero-order valence-corrected chi connectivity index (χ0v) is 13.6. The van der Waals surface area contributed by atoms with Gasteiger partial charge in [0, 0.05) is 24.8 Å². The van der Waals surface area contributed by atoms with Crippen LogP contribution in [0, 0.1) is 11.8 Å². The predicted molar refractivity (Wildman–Crippen MR) is 87.3 cm³/mol. The molecule has 0 aliphatic carbocycles. The van der Waals surface area contributed by atoms with Crippen LogP contribution in [0.25, 0.3) is 0 Å². The first kappa shape index (κ1) is 16.8. The summed E-state index contributed by atoms with van der Waals surface area (Å²) in [6.07, 6.45) is 5.25. The van der Waals surface area contributed by atoms with E-state index in [4.69, 9.17) is 0 Å². The summed E-state index contributed by atoms with van der Waals surface area (Å²) < 4.78 is 1.80. The van der Waals surface area contributed by atoms with E-state index in [1.54, 1.807) is 10.6 Å². The van der Waals surface area contributed by atoms with Crippen LogP contribution >= 0.6 is 0 Å². The number of aromatic nitrogens is 1. The Labute approximate surface area is 123 Å². The number of rotatable bonds is 8. The fourth-order valence-electron chi connectivity index (χ4n) is 2.62. The molecule has 0 aromatic carbocycles. The normalized spacial score (nSPS) is 11.6. The van der Waals surface area contributed by atoms with Gasteiger partial charge in [0.05, 0.1) is 5.69 Å². The van der Waals surface area contributed by atoms with E-state index in [0.717, 1.165) is 31.5 Å². The van der Waals surface area contributed by atoms with E-state index in [1.807, 2.05) is 12.3 Å². The lowest BCUT2D eigenvalue weighted by Crippen LogP contribution is -2.25. The molecule has 3 heteroatoms. The minimum atomic E-state index is 0.0849. The molecule has 0 bridgehead atoms. The van der Waals surface area contributed by atoms with Crippen LogP contribution in [-0.2, 0) is 6.54 Å². The predicted octanol–water partition coefficient (Wildman–Crippen LogP) is 4.13. The van der Waals surface area contributed by atoms with Gasteiger partial charge in [0.2, 0.25) is 0 Å². The molecule has 0 aliphatic rings. The van der Waals surface area contributed by atoms with Gasteiger partial charge >= 0.3 is 0 Å². The minimum absolute atomic E-state index is 0.0849. The lowest BCUT2D eigenvalue weighted by molar-refractivity contribution is 0.442. The van der Waals surface area contributed by atoms with E-state index in [9.17, 15) is 4.79 Å². The first-order valence-corrected chi connectivity index (χ1v) is 7.89. The second-order valence-electron chi connectivity index (χ2n) is 6.55. The number of aryl methyl sites for hydroxylation is 1. The fourth-order valence-corrected chi connectivity index (χ4v) is 2.62. The maximum absolute atomic E-state index is 11.7. The number of hydrogen-bond donors (Lipinski definition) is 1. The van der Waals surface area contributed by atoms with E-state index in [2.05, 4.69) is 39.9 Å². The molecule has 0 fully saturated rings. The zero-order chi connectivity index (χ0) is 15.1. The SMILES string of the molecule is CCCn1cc(NC(CC(C)C)CC(C)C)ccc1=O. The van der Waals surface area contributed by atoms with Crippen LogP contribution in [0.2, 0.25) is 0 Å². The summed E-state index contributed by atoms with van der Waals surface area (Å²) in [5.74, 6) is 1.35. The van der Waals surface area contributed by atoms with Gasteiger partial charge in [0.25, 0.3) is 5.56 Å². The van der Waals surface area contributed by atoms with Gasteiger partial charge in [-0.05, 0) is 37.2 Å². The van der Waals surface area contributed by atoms with Crippen molar-refractivity contribution < 1.29 is 0 Å². The Morgan fingerprint density at radius 1 is 1.10 bits per heavy atom. The van der Waals surface area contributed by atoms with Crippen molar-refractivity contribution in [1.82, 2.24) is 4.57 Å². The van der Waals surface area contributed by atoms with Crippen molar-refractivity contribution >= 4 is 5.69 Å². The van der Waals surface area contributed by atoms with E-state index < -0.39 is 0 Å². The molecule has 0 saturated heterocycles. The first-order valence-electron chi connectivity index (χ1n) is 7.89. The topological polar surface area (TPSA) is 34.0 Å². The average Bonchev–Trinajstić information content (AvgIpc) is 2.32. The molecular weight excluding hydrogens is 248 g/mol. The Morgan fingerprint density at radius 2 is 1.70 bits per heavy atom. The van der Waals surface area contributed by atoms with Gasteiger partial charge in [-0.2, -0.15) is 0 Å². The third-order valence-electron chi connectivity index (χ3n) is 3.33. The van der Waals surface area contributed by atoms with Gasteiger partial charge in [-0.25, -0.2) is 0 Å². The monoisotopic (exact) mass is 278 g/mol. The third kappa shape index (κ3) is 5.81. The van der Waals surface area contributed by atoms with Gasteiger partial charge < -0.3 is 9.88 Å². The molecule has 0 amide bonds. The number of hydrogen-bond acceptors (Lipinski definition) is 2. The van der Waals surface area contributed by atoms with E-state index >= 15 is 0 Å². The number of nitrogens with zero attached hydrogens (tertiary/aromatic N) is 1. The molecule has 114 valence electrons. The standard InChI is InChI=1S/C17H30N2O/c1-6-9-19-12-15(7-8-17(19)20)18-16(10-13(2)3)11-14(4)5/h7-8,12-14,16,18H,6,9-11H2,1-5H3. The summed E-state index contributed by atoms with van der Waals surface area (Å²) in [7, 11) is 0. The number of anilines is 1. The van der Waals surface area contributed by atoms with Crippen LogP contribution in [0.5, 0.6) is 0 Å². The Kier molecular flexibility index (Phi) is 6.83. The van der Waals surface area contributed by atoms with Crippen LogP contribution < -0.4 is 10.9 Å². The molecule has 0 aliphatic heterocycles. The van der Waals surface area contributed by atoms with E-state index in [1.165, 1.54) is 0 Å². The van der Waals surface area contributed by atoms with Crippen molar-refractivity contribution in [1.29, 1.82) is 0 Å². The fraction of sp³-hybridized carbons (Fsp3) is 0.706. The third-order valence-corrected chi connectivity index (χ3v) is 3.33. The summed E-state index contributed by atoms with van der Waals surface area (Å²) in [5, 5.41) is 3.61. The molecule has 0 spiro atoms. The quantitative estimate of drug-likeness (QED) is 0.775. The smallest absolute Gasteiger partial charge is 0.250 e. The number of pyridine rings is 1. The largest absolute Gasteiger partial charge is 0.381 e. The van der Waals surface area contributed by atoms with Crippen LogP contribution in [0.15, 0.2) is 23.1 Å². The molecule has 1 aromatic heterocycles. The molecule has 0 radical (unpaired) electrons. The van der Waals surface area contributed by atoms with Crippen LogP contribution in [0.1, 0.15) is 53.9 Å². The molecular formula is C17H30N2O. The summed E-state index contributed by atoms with van der Waals surface area (Å²) >= 11 is 0. The highest BCUT2D eigenvalue weighted by Crippen LogP contribution is 2.18. The maximum atomic E-state index is 11.7. The summed E-state index contributed by atoms with van der Waals surface area (Å²) in [6.45, 7) is 11.9.